The second-order valence-electron chi connectivity index (χ2n) is 5.84. The molecule has 0 fully saturated rings. The van der Waals surface area contributed by atoms with Gasteiger partial charge in [0, 0.05) is 35.8 Å². The van der Waals surface area contributed by atoms with E-state index in [4.69, 9.17) is 10.5 Å². The van der Waals surface area contributed by atoms with Crippen LogP contribution in [0.2, 0.25) is 0 Å². The van der Waals surface area contributed by atoms with Crippen LogP contribution in [0.4, 0.5) is 0 Å². The molecule has 106 valence electrons. The molecule has 0 amide bonds. The predicted octanol–water partition coefficient (Wildman–Crippen LogP) is 3.30. The van der Waals surface area contributed by atoms with Gasteiger partial charge in [0.05, 0.1) is 6.20 Å². The maximum Gasteiger partial charge on any atom is 0.129 e. The molecule has 1 aromatic carbocycles. The molecule has 3 rings (SSSR count). The summed E-state index contributed by atoms with van der Waals surface area (Å²) in [5.41, 5.74) is 9.73. The molecule has 4 heteroatoms. The van der Waals surface area contributed by atoms with Crippen molar-refractivity contribution in [1.82, 2.24) is 9.78 Å². The van der Waals surface area contributed by atoms with E-state index >= 15 is 0 Å². The lowest BCUT2D eigenvalue weighted by Crippen LogP contribution is -2.24. The number of nitrogens with zero attached hydrogens (tertiary/aromatic N) is 2. The van der Waals surface area contributed by atoms with Crippen LogP contribution in [0.3, 0.4) is 0 Å². The van der Waals surface area contributed by atoms with Gasteiger partial charge >= 0.3 is 0 Å². The molecule has 0 radical (unpaired) electrons. The van der Waals surface area contributed by atoms with Gasteiger partial charge in [-0.15, -0.1) is 0 Å². The number of benzene rings is 1. The standard InChI is InChI=1S/C16H21N3O/c1-10(2)19-9-12(8-18-19)16-7-14(17)13-6-11(3)4-5-15(13)20-16/h4-6,8-10,14,16H,7,17H2,1-3H3. The number of hydrogen-bond acceptors (Lipinski definition) is 3. The highest BCUT2D eigenvalue weighted by Gasteiger charge is 2.28. The Balaban J connectivity index is 1.88. The van der Waals surface area contributed by atoms with Crippen LogP contribution in [-0.2, 0) is 0 Å². The van der Waals surface area contributed by atoms with Crippen LogP contribution in [0, 0.1) is 6.92 Å². The van der Waals surface area contributed by atoms with E-state index in [0.29, 0.717) is 6.04 Å². The number of fused-ring (bicyclic) bond motifs is 1. The molecule has 0 spiro atoms. The Bertz CT molecular complexity index is 618. The molecule has 0 saturated carbocycles. The Hall–Kier alpha value is -1.81. The second kappa shape index (κ2) is 4.94. The molecular weight excluding hydrogens is 250 g/mol. The van der Waals surface area contributed by atoms with Crippen LogP contribution in [0.5, 0.6) is 5.75 Å². The predicted molar refractivity (Wildman–Crippen MR) is 78.7 cm³/mol. The van der Waals surface area contributed by atoms with Crippen molar-refractivity contribution < 1.29 is 4.74 Å². The second-order valence-corrected chi connectivity index (χ2v) is 5.84. The fourth-order valence-corrected chi connectivity index (χ4v) is 2.63. The lowest BCUT2D eigenvalue weighted by Gasteiger charge is -2.30. The van der Waals surface area contributed by atoms with Crippen molar-refractivity contribution in [3.8, 4) is 5.75 Å². The van der Waals surface area contributed by atoms with Crippen LogP contribution in [-0.4, -0.2) is 9.78 Å². The first-order chi connectivity index (χ1) is 9.54. The number of rotatable bonds is 2. The van der Waals surface area contributed by atoms with Gasteiger partial charge in [-0.2, -0.15) is 5.10 Å². The van der Waals surface area contributed by atoms with Crippen molar-refractivity contribution in [1.29, 1.82) is 0 Å². The van der Waals surface area contributed by atoms with Crippen molar-refractivity contribution in [2.24, 2.45) is 5.73 Å². The first-order valence-electron chi connectivity index (χ1n) is 7.11. The highest BCUT2D eigenvalue weighted by Crippen LogP contribution is 2.39. The van der Waals surface area contributed by atoms with Crippen LogP contribution in [0.15, 0.2) is 30.6 Å². The monoisotopic (exact) mass is 271 g/mol. The maximum absolute atomic E-state index is 6.30. The average molecular weight is 271 g/mol. The van der Waals surface area contributed by atoms with E-state index in [2.05, 4.69) is 44.2 Å². The summed E-state index contributed by atoms with van der Waals surface area (Å²) < 4.78 is 8.06. The Kier molecular flexibility index (Phi) is 3.26. The Labute approximate surface area is 119 Å². The van der Waals surface area contributed by atoms with Gasteiger partial charge < -0.3 is 10.5 Å². The zero-order valence-electron chi connectivity index (χ0n) is 12.2. The van der Waals surface area contributed by atoms with Gasteiger partial charge in [0.2, 0.25) is 0 Å². The van der Waals surface area contributed by atoms with Gasteiger partial charge in [-0.1, -0.05) is 17.7 Å². The maximum atomic E-state index is 6.30. The summed E-state index contributed by atoms with van der Waals surface area (Å²) in [7, 11) is 0. The molecule has 4 nitrogen and oxygen atoms in total. The molecule has 1 aromatic heterocycles. The van der Waals surface area contributed by atoms with E-state index in [1.54, 1.807) is 0 Å². The number of aromatic nitrogens is 2. The van der Waals surface area contributed by atoms with Crippen LogP contribution in [0.25, 0.3) is 0 Å². The number of aryl methyl sites for hydroxylation is 1. The van der Waals surface area contributed by atoms with Crippen LogP contribution < -0.4 is 10.5 Å². The highest BCUT2D eigenvalue weighted by molar-refractivity contribution is 5.41. The van der Waals surface area contributed by atoms with Crippen LogP contribution in [0.1, 0.15) is 55.1 Å². The molecular formula is C16H21N3O. The average Bonchev–Trinajstić information content (AvgIpc) is 2.89. The summed E-state index contributed by atoms with van der Waals surface area (Å²) in [5, 5.41) is 4.38. The molecule has 1 aliphatic heterocycles. The third-order valence-electron chi connectivity index (χ3n) is 3.82. The third kappa shape index (κ3) is 2.31. The molecule has 0 aliphatic carbocycles. The molecule has 2 heterocycles. The summed E-state index contributed by atoms with van der Waals surface area (Å²) in [6.45, 7) is 6.30. The number of ether oxygens (including phenoxy) is 1. The summed E-state index contributed by atoms with van der Waals surface area (Å²) in [6, 6.07) is 6.57. The molecule has 2 aromatic rings. The minimum absolute atomic E-state index is 0.00675. The van der Waals surface area contributed by atoms with E-state index in [9.17, 15) is 0 Å². The molecule has 2 atom stereocenters. The minimum atomic E-state index is -0.00675. The fraction of sp³-hybridized carbons (Fsp3) is 0.438. The van der Waals surface area contributed by atoms with Gasteiger partial charge in [-0.3, -0.25) is 4.68 Å². The summed E-state index contributed by atoms with van der Waals surface area (Å²) in [5.74, 6) is 0.900. The molecule has 1 aliphatic rings. The zero-order chi connectivity index (χ0) is 14.3. The molecule has 0 saturated heterocycles. The summed E-state index contributed by atoms with van der Waals surface area (Å²) in [4.78, 5) is 0. The van der Waals surface area contributed by atoms with Crippen molar-refractivity contribution in [2.45, 2.75) is 45.4 Å². The smallest absolute Gasteiger partial charge is 0.129 e. The Morgan fingerprint density at radius 1 is 1.40 bits per heavy atom. The topological polar surface area (TPSA) is 53.1 Å². The molecule has 2 unspecified atom stereocenters. The summed E-state index contributed by atoms with van der Waals surface area (Å²) in [6.07, 6.45) is 4.73. The van der Waals surface area contributed by atoms with E-state index in [1.807, 2.05) is 16.9 Å². The van der Waals surface area contributed by atoms with Gasteiger partial charge in [-0.25, -0.2) is 0 Å². The van der Waals surface area contributed by atoms with Crippen molar-refractivity contribution in [3.05, 3.63) is 47.3 Å². The normalized spacial score (nSPS) is 21.6. The quantitative estimate of drug-likeness (QED) is 0.911. The molecule has 2 N–H and O–H groups in total. The molecule has 20 heavy (non-hydrogen) atoms. The number of hydrogen-bond donors (Lipinski definition) is 1. The highest BCUT2D eigenvalue weighted by atomic mass is 16.5. The lowest BCUT2D eigenvalue weighted by molar-refractivity contribution is 0.161. The van der Waals surface area contributed by atoms with Gasteiger partial charge in [0.15, 0.2) is 0 Å². The Morgan fingerprint density at radius 2 is 2.20 bits per heavy atom. The third-order valence-corrected chi connectivity index (χ3v) is 3.82. The SMILES string of the molecule is Cc1ccc2c(c1)C(N)CC(c1cnn(C(C)C)c1)O2. The van der Waals surface area contributed by atoms with Crippen molar-refractivity contribution >= 4 is 0 Å². The van der Waals surface area contributed by atoms with Gasteiger partial charge in [-0.05, 0) is 26.8 Å². The number of nitrogens with two attached hydrogens (primary N) is 1. The largest absolute Gasteiger partial charge is 0.485 e. The summed E-state index contributed by atoms with van der Waals surface area (Å²) >= 11 is 0. The van der Waals surface area contributed by atoms with Gasteiger partial charge in [0.25, 0.3) is 0 Å². The van der Waals surface area contributed by atoms with Crippen molar-refractivity contribution in [2.75, 3.05) is 0 Å². The fourth-order valence-electron chi connectivity index (χ4n) is 2.63. The zero-order valence-corrected chi connectivity index (χ0v) is 12.2. The first kappa shape index (κ1) is 13.2. The lowest BCUT2D eigenvalue weighted by atomic mass is 9.94. The Morgan fingerprint density at radius 3 is 2.90 bits per heavy atom. The van der Waals surface area contributed by atoms with E-state index < -0.39 is 0 Å². The van der Waals surface area contributed by atoms with Gasteiger partial charge in [0.1, 0.15) is 11.9 Å². The minimum Gasteiger partial charge on any atom is -0.485 e. The van der Waals surface area contributed by atoms with Crippen molar-refractivity contribution in [3.63, 3.8) is 0 Å². The van der Waals surface area contributed by atoms with E-state index in [1.165, 1.54) is 5.56 Å². The van der Waals surface area contributed by atoms with E-state index in [0.717, 1.165) is 23.3 Å². The van der Waals surface area contributed by atoms with Crippen LogP contribution >= 0.6 is 0 Å². The first-order valence-corrected chi connectivity index (χ1v) is 7.11. The molecule has 0 bridgehead atoms. The van der Waals surface area contributed by atoms with E-state index in [-0.39, 0.29) is 12.1 Å².